The lowest BCUT2D eigenvalue weighted by atomic mass is 10.2. The van der Waals surface area contributed by atoms with Crippen molar-refractivity contribution >= 4 is 34.1 Å². The van der Waals surface area contributed by atoms with E-state index in [4.69, 9.17) is 16.3 Å². The van der Waals surface area contributed by atoms with Crippen LogP contribution in [0.4, 0.5) is 5.69 Å². The van der Waals surface area contributed by atoms with E-state index in [1.165, 1.54) is 10.8 Å². The molecule has 0 atom stereocenters. The summed E-state index contributed by atoms with van der Waals surface area (Å²) >= 11 is 5.85. The number of anilines is 1. The molecule has 2 aromatic carbocycles. The lowest BCUT2D eigenvalue weighted by Gasteiger charge is -2.10. The average molecular weight is 437 g/mol. The molecule has 0 radical (unpaired) electrons. The van der Waals surface area contributed by atoms with E-state index in [0.29, 0.717) is 33.2 Å². The monoisotopic (exact) mass is 436 g/mol. The van der Waals surface area contributed by atoms with Crippen LogP contribution in [0.1, 0.15) is 6.42 Å². The predicted octanol–water partition coefficient (Wildman–Crippen LogP) is 3.56. The van der Waals surface area contributed by atoms with Gasteiger partial charge in [0, 0.05) is 24.1 Å². The number of nitrogens with zero attached hydrogens (tertiary/aromatic N) is 2. The molecule has 8 nitrogen and oxygen atoms in total. The third-order valence-corrected chi connectivity index (χ3v) is 4.78. The number of benzene rings is 2. The number of para-hydroxylation sites is 1. The summed E-state index contributed by atoms with van der Waals surface area (Å²) in [6, 6.07) is 16.9. The molecule has 2 heterocycles. The maximum Gasteiger partial charge on any atom is 0.328 e. The normalized spacial score (nSPS) is 10.7. The Hall–Kier alpha value is -3.91. The Morgan fingerprint density at radius 3 is 2.58 bits per heavy atom. The van der Waals surface area contributed by atoms with Crippen molar-refractivity contribution in [2.24, 2.45) is 0 Å². The Morgan fingerprint density at radius 2 is 1.84 bits per heavy atom. The third kappa shape index (κ3) is 4.81. The molecule has 0 bridgehead atoms. The number of nitrogens with one attached hydrogen (secondary N) is 2. The van der Waals surface area contributed by atoms with Gasteiger partial charge in [0.05, 0.1) is 22.8 Å². The standard InChI is InChI=1S/C22H17ClN4O4/c23-14-5-8-16(9-6-14)31-20-10-7-15(13-24-20)25-19(28)11-12-27-18-4-2-1-3-17(18)21(29)26-22(27)30/h1-10,13H,11-12H2,(H,25,28)(H,26,29,30). The zero-order valence-electron chi connectivity index (χ0n) is 16.2. The second-order valence-electron chi connectivity index (χ2n) is 6.67. The molecular formula is C22H17ClN4O4. The zero-order valence-corrected chi connectivity index (χ0v) is 16.9. The molecule has 0 fully saturated rings. The Balaban J connectivity index is 1.39. The van der Waals surface area contributed by atoms with E-state index in [0.717, 1.165) is 0 Å². The van der Waals surface area contributed by atoms with Gasteiger partial charge in [0.1, 0.15) is 5.75 Å². The highest BCUT2D eigenvalue weighted by atomic mass is 35.5. The van der Waals surface area contributed by atoms with Crippen LogP contribution < -0.4 is 21.3 Å². The zero-order chi connectivity index (χ0) is 21.8. The van der Waals surface area contributed by atoms with Crippen LogP contribution in [0.3, 0.4) is 0 Å². The van der Waals surface area contributed by atoms with Gasteiger partial charge in [0.15, 0.2) is 0 Å². The fourth-order valence-electron chi connectivity index (χ4n) is 3.04. The van der Waals surface area contributed by atoms with E-state index >= 15 is 0 Å². The van der Waals surface area contributed by atoms with Crippen LogP contribution in [0, 0.1) is 0 Å². The van der Waals surface area contributed by atoms with Gasteiger partial charge < -0.3 is 10.1 Å². The SMILES string of the molecule is O=C(CCn1c(=O)[nH]c(=O)c2ccccc21)Nc1ccc(Oc2ccc(Cl)cc2)nc1. The molecule has 0 saturated heterocycles. The maximum absolute atomic E-state index is 12.3. The number of halogens is 1. The molecule has 0 unspecified atom stereocenters. The maximum atomic E-state index is 12.3. The minimum absolute atomic E-state index is 0.0406. The predicted molar refractivity (Wildman–Crippen MR) is 118 cm³/mol. The van der Waals surface area contributed by atoms with Crippen molar-refractivity contribution in [3.63, 3.8) is 0 Å². The van der Waals surface area contributed by atoms with Crippen LogP contribution in [0.2, 0.25) is 5.02 Å². The molecule has 9 heteroatoms. The molecule has 2 aromatic heterocycles. The molecule has 4 rings (SSSR count). The minimum Gasteiger partial charge on any atom is -0.439 e. The molecule has 156 valence electrons. The quantitative estimate of drug-likeness (QED) is 0.480. The Bertz CT molecular complexity index is 1350. The molecule has 0 aliphatic carbocycles. The van der Waals surface area contributed by atoms with Gasteiger partial charge in [-0.25, -0.2) is 9.78 Å². The van der Waals surface area contributed by atoms with Crippen molar-refractivity contribution in [2.45, 2.75) is 13.0 Å². The number of aromatic nitrogens is 3. The molecule has 0 aliphatic rings. The minimum atomic E-state index is -0.554. The summed E-state index contributed by atoms with van der Waals surface area (Å²) < 4.78 is 6.99. The van der Waals surface area contributed by atoms with Gasteiger partial charge in [-0.3, -0.25) is 19.1 Å². The highest BCUT2D eigenvalue weighted by Crippen LogP contribution is 2.22. The first kappa shape index (κ1) is 20.4. The number of carbonyl (C=O) groups is 1. The molecule has 2 N–H and O–H groups in total. The van der Waals surface area contributed by atoms with Crippen molar-refractivity contribution in [3.8, 4) is 11.6 Å². The van der Waals surface area contributed by atoms with Crippen molar-refractivity contribution in [3.05, 3.63) is 92.7 Å². The summed E-state index contributed by atoms with van der Waals surface area (Å²) in [5.74, 6) is 0.661. The van der Waals surface area contributed by atoms with E-state index in [-0.39, 0.29) is 18.9 Å². The number of rotatable bonds is 6. The smallest absolute Gasteiger partial charge is 0.328 e. The lowest BCUT2D eigenvalue weighted by molar-refractivity contribution is -0.116. The van der Waals surface area contributed by atoms with Gasteiger partial charge >= 0.3 is 5.69 Å². The Morgan fingerprint density at radius 1 is 1.06 bits per heavy atom. The number of hydrogen-bond acceptors (Lipinski definition) is 5. The topological polar surface area (TPSA) is 106 Å². The fourth-order valence-corrected chi connectivity index (χ4v) is 3.17. The first-order chi connectivity index (χ1) is 15.0. The fraction of sp³-hybridized carbons (Fsp3) is 0.0909. The number of carbonyl (C=O) groups excluding carboxylic acids is 1. The number of pyridine rings is 1. The van der Waals surface area contributed by atoms with E-state index < -0.39 is 11.2 Å². The first-order valence-electron chi connectivity index (χ1n) is 9.41. The van der Waals surface area contributed by atoms with Gasteiger partial charge in [-0.2, -0.15) is 0 Å². The van der Waals surface area contributed by atoms with Crippen LogP contribution in [0.25, 0.3) is 10.9 Å². The Labute approximate surface area is 181 Å². The number of fused-ring (bicyclic) bond motifs is 1. The van der Waals surface area contributed by atoms with Crippen molar-refractivity contribution < 1.29 is 9.53 Å². The van der Waals surface area contributed by atoms with Crippen LogP contribution >= 0.6 is 11.6 Å². The van der Waals surface area contributed by atoms with Crippen LogP contribution in [-0.4, -0.2) is 20.4 Å². The van der Waals surface area contributed by atoms with Crippen LogP contribution in [-0.2, 0) is 11.3 Å². The number of hydrogen-bond donors (Lipinski definition) is 2. The van der Waals surface area contributed by atoms with E-state index in [9.17, 15) is 14.4 Å². The second-order valence-corrected chi connectivity index (χ2v) is 7.10. The molecule has 0 spiro atoms. The number of aryl methyl sites for hydroxylation is 1. The first-order valence-corrected chi connectivity index (χ1v) is 9.78. The Kier molecular flexibility index (Phi) is 5.81. The van der Waals surface area contributed by atoms with Crippen molar-refractivity contribution in [1.82, 2.24) is 14.5 Å². The molecular weight excluding hydrogens is 420 g/mol. The summed E-state index contributed by atoms with van der Waals surface area (Å²) in [5.41, 5.74) is -0.0308. The molecule has 0 saturated carbocycles. The van der Waals surface area contributed by atoms with Gasteiger partial charge in [0.2, 0.25) is 11.8 Å². The highest BCUT2D eigenvalue weighted by molar-refractivity contribution is 6.30. The van der Waals surface area contributed by atoms with Gasteiger partial charge in [-0.1, -0.05) is 23.7 Å². The third-order valence-electron chi connectivity index (χ3n) is 4.52. The summed E-state index contributed by atoms with van der Waals surface area (Å²) in [5, 5.41) is 3.73. The number of H-pyrrole nitrogens is 1. The summed E-state index contributed by atoms with van der Waals surface area (Å²) in [6.07, 6.45) is 1.52. The second kappa shape index (κ2) is 8.85. The van der Waals surface area contributed by atoms with E-state index in [2.05, 4.69) is 15.3 Å². The number of ether oxygens (including phenoxy) is 1. The van der Waals surface area contributed by atoms with Crippen LogP contribution in [0.15, 0.2) is 76.4 Å². The molecule has 1 amide bonds. The average Bonchev–Trinajstić information content (AvgIpc) is 2.76. The highest BCUT2D eigenvalue weighted by Gasteiger charge is 2.10. The van der Waals surface area contributed by atoms with E-state index in [1.807, 2.05) is 0 Å². The lowest BCUT2D eigenvalue weighted by Crippen LogP contribution is -2.31. The summed E-state index contributed by atoms with van der Waals surface area (Å²) in [6.45, 7) is 0.118. The van der Waals surface area contributed by atoms with Gasteiger partial charge in [-0.15, -0.1) is 0 Å². The largest absolute Gasteiger partial charge is 0.439 e. The van der Waals surface area contributed by atoms with Gasteiger partial charge in [-0.05, 0) is 42.5 Å². The van der Waals surface area contributed by atoms with Crippen molar-refractivity contribution in [2.75, 3.05) is 5.32 Å². The van der Waals surface area contributed by atoms with Gasteiger partial charge in [0.25, 0.3) is 5.56 Å². The molecule has 0 aliphatic heterocycles. The molecule has 4 aromatic rings. The van der Waals surface area contributed by atoms with E-state index in [1.54, 1.807) is 60.7 Å². The number of amides is 1. The summed E-state index contributed by atoms with van der Waals surface area (Å²) in [7, 11) is 0. The van der Waals surface area contributed by atoms with Crippen molar-refractivity contribution in [1.29, 1.82) is 0 Å². The number of aromatic amines is 1. The molecule has 31 heavy (non-hydrogen) atoms. The van der Waals surface area contributed by atoms with Crippen LogP contribution in [0.5, 0.6) is 11.6 Å². The summed E-state index contributed by atoms with van der Waals surface area (Å²) in [4.78, 5) is 42.9.